The Kier molecular flexibility index (Phi) is 7.99. The van der Waals surface area contributed by atoms with Crippen molar-refractivity contribution in [3.8, 4) is 0 Å². The number of hydrogen-bond acceptors (Lipinski definition) is 7. The van der Waals surface area contributed by atoms with Crippen molar-refractivity contribution < 1.29 is 32.2 Å². The van der Waals surface area contributed by atoms with Crippen LogP contribution in [-0.4, -0.2) is 43.7 Å². The lowest BCUT2D eigenvalue weighted by Gasteiger charge is -2.24. The lowest BCUT2D eigenvalue weighted by Crippen LogP contribution is -2.45. The van der Waals surface area contributed by atoms with Gasteiger partial charge in [-0.25, -0.2) is 18.0 Å². The van der Waals surface area contributed by atoms with E-state index >= 15 is 0 Å². The minimum atomic E-state index is -3.66. The van der Waals surface area contributed by atoms with Gasteiger partial charge < -0.3 is 19.5 Å². The molecule has 0 bridgehead atoms. The molecule has 1 amide bonds. The van der Waals surface area contributed by atoms with Gasteiger partial charge in [0.1, 0.15) is 24.4 Å². The van der Waals surface area contributed by atoms with E-state index < -0.39 is 45.1 Å². The standard InChI is InChI=1S/C25H31NO7S/c1-17(21-23(32-21)34(29,30)19-13-9-6-10-14-19)15-20(26-24(28)33-25(2,3)4)22(27)31-16-18-11-7-5-8-12-18/h5-14,17,20-21,23H,15-16H2,1-4H3,(H,26,28)/t17-,20-,21?,23?/m1/s1. The number of esters is 1. The Hall–Kier alpha value is -2.91. The molecule has 0 saturated carbocycles. The van der Waals surface area contributed by atoms with Gasteiger partial charge in [0.05, 0.1) is 4.90 Å². The fraction of sp³-hybridized carbons (Fsp3) is 0.440. The summed E-state index contributed by atoms with van der Waals surface area (Å²) >= 11 is 0. The molecule has 1 N–H and O–H groups in total. The van der Waals surface area contributed by atoms with E-state index in [1.807, 2.05) is 30.3 Å². The monoisotopic (exact) mass is 489 g/mol. The van der Waals surface area contributed by atoms with Crippen LogP contribution in [0.4, 0.5) is 4.79 Å². The quantitative estimate of drug-likeness (QED) is 0.421. The number of sulfone groups is 1. The molecule has 1 heterocycles. The van der Waals surface area contributed by atoms with E-state index in [1.165, 1.54) is 12.1 Å². The zero-order chi connectivity index (χ0) is 24.9. The van der Waals surface area contributed by atoms with Crippen molar-refractivity contribution in [1.29, 1.82) is 0 Å². The first-order valence-electron chi connectivity index (χ1n) is 11.1. The maximum atomic E-state index is 12.8. The molecule has 184 valence electrons. The number of ether oxygens (including phenoxy) is 3. The van der Waals surface area contributed by atoms with Crippen LogP contribution in [0, 0.1) is 5.92 Å². The van der Waals surface area contributed by atoms with Gasteiger partial charge in [-0.1, -0.05) is 55.5 Å². The highest BCUT2D eigenvalue weighted by atomic mass is 32.2. The van der Waals surface area contributed by atoms with Crippen LogP contribution in [0.15, 0.2) is 65.6 Å². The lowest BCUT2D eigenvalue weighted by atomic mass is 9.99. The van der Waals surface area contributed by atoms with Gasteiger partial charge >= 0.3 is 12.1 Å². The Morgan fingerprint density at radius 1 is 1.03 bits per heavy atom. The molecule has 1 saturated heterocycles. The number of hydrogen-bond donors (Lipinski definition) is 1. The fourth-order valence-corrected chi connectivity index (χ4v) is 5.21. The van der Waals surface area contributed by atoms with Gasteiger partial charge in [-0.2, -0.15) is 0 Å². The molecule has 0 radical (unpaired) electrons. The Balaban J connectivity index is 1.66. The third-order valence-electron chi connectivity index (χ3n) is 5.23. The lowest BCUT2D eigenvalue weighted by molar-refractivity contribution is -0.148. The Morgan fingerprint density at radius 3 is 2.21 bits per heavy atom. The summed E-state index contributed by atoms with van der Waals surface area (Å²) in [5.41, 5.74) is -0.935. The van der Waals surface area contributed by atoms with Gasteiger partial charge in [0.2, 0.25) is 9.84 Å². The molecule has 0 aromatic heterocycles. The van der Waals surface area contributed by atoms with Gasteiger partial charge in [0.25, 0.3) is 0 Å². The van der Waals surface area contributed by atoms with Gasteiger partial charge in [0, 0.05) is 0 Å². The molecule has 9 heteroatoms. The predicted octanol–water partition coefficient (Wildman–Crippen LogP) is 3.85. The second-order valence-electron chi connectivity index (χ2n) is 9.33. The van der Waals surface area contributed by atoms with E-state index in [0.29, 0.717) is 0 Å². The van der Waals surface area contributed by atoms with E-state index in [1.54, 1.807) is 45.9 Å². The van der Waals surface area contributed by atoms with Gasteiger partial charge in [0.15, 0.2) is 5.44 Å². The van der Waals surface area contributed by atoms with E-state index in [0.717, 1.165) is 5.56 Å². The number of benzene rings is 2. The van der Waals surface area contributed by atoms with Crippen LogP contribution in [0.3, 0.4) is 0 Å². The van der Waals surface area contributed by atoms with Crippen LogP contribution < -0.4 is 5.32 Å². The summed E-state index contributed by atoms with van der Waals surface area (Å²) < 4.78 is 41.8. The van der Waals surface area contributed by atoms with Crippen LogP contribution in [0.2, 0.25) is 0 Å². The molecule has 1 fully saturated rings. The highest BCUT2D eigenvalue weighted by molar-refractivity contribution is 7.92. The van der Waals surface area contributed by atoms with Gasteiger partial charge in [-0.3, -0.25) is 0 Å². The van der Waals surface area contributed by atoms with Crippen molar-refractivity contribution in [2.45, 2.75) is 68.8 Å². The number of carbonyl (C=O) groups is 2. The van der Waals surface area contributed by atoms with Crippen LogP contribution in [-0.2, 0) is 35.4 Å². The largest absolute Gasteiger partial charge is 0.459 e. The van der Waals surface area contributed by atoms with Crippen molar-refractivity contribution in [1.82, 2.24) is 5.32 Å². The summed E-state index contributed by atoms with van der Waals surface area (Å²) in [4.78, 5) is 25.4. The molecule has 1 aliphatic heterocycles. The summed E-state index contributed by atoms with van der Waals surface area (Å²) in [7, 11) is -3.66. The average Bonchev–Trinajstić information content (AvgIpc) is 3.59. The van der Waals surface area contributed by atoms with Gasteiger partial charge in [-0.15, -0.1) is 0 Å². The minimum absolute atomic E-state index is 0.0471. The first-order chi connectivity index (χ1) is 16.0. The number of carbonyl (C=O) groups excluding carboxylic acids is 2. The smallest absolute Gasteiger partial charge is 0.408 e. The number of amides is 1. The van der Waals surface area contributed by atoms with Crippen molar-refractivity contribution in [2.75, 3.05) is 0 Å². The van der Waals surface area contributed by atoms with Crippen LogP contribution >= 0.6 is 0 Å². The molecule has 1 aliphatic rings. The molecule has 0 spiro atoms. The molecular formula is C25H31NO7S. The zero-order valence-corrected chi connectivity index (χ0v) is 20.6. The Bertz CT molecular complexity index is 1080. The van der Waals surface area contributed by atoms with Crippen molar-refractivity contribution in [3.63, 3.8) is 0 Å². The molecule has 3 rings (SSSR count). The molecule has 2 aromatic rings. The molecular weight excluding hydrogens is 458 g/mol. The molecule has 34 heavy (non-hydrogen) atoms. The third kappa shape index (κ3) is 7.04. The second-order valence-corrected chi connectivity index (χ2v) is 11.4. The third-order valence-corrected chi connectivity index (χ3v) is 7.15. The molecule has 2 unspecified atom stereocenters. The number of epoxide rings is 1. The molecule has 2 aromatic carbocycles. The summed E-state index contributed by atoms with van der Waals surface area (Å²) in [6.45, 7) is 6.98. The maximum absolute atomic E-state index is 12.8. The molecule has 0 aliphatic carbocycles. The van der Waals surface area contributed by atoms with E-state index in [-0.39, 0.29) is 23.8 Å². The topological polar surface area (TPSA) is 111 Å². The van der Waals surface area contributed by atoms with Gasteiger partial charge in [-0.05, 0) is 50.8 Å². The summed E-state index contributed by atoms with van der Waals surface area (Å²) in [6, 6.07) is 16.2. The number of nitrogens with one attached hydrogen (secondary N) is 1. The minimum Gasteiger partial charge on any atom is -0.459 e. The van der Waals surface area contributed by atoms with Crippen LogP contribution in [0.5, 0.6) is 0 Å². The SMILES string of the molecule is C[C@H](C[C@@H](NC(=O)OC(C)(C)C)C(=O)OCc1ccccc1)C1OC1S(=O)(=O)c1ccccc1. The molecule has 8 nitrogen and oxygen atoms in total. The summed E-state index contributed by atoms with van der Waals surface area (Å²) in [6.07, 6.45) is -1.24. The highest BCUT2D eigenvalue weighted by Gasteiger charge is 2.53. The van der Waals surface area contributed by atoms with Crippen LogP contribution in [0.25, 0.3) is 0 Å². The fourth-order valence-electron chi connectivity index (χ4n) is 3.50. The second kappa shape index (κ2) is 10.6. The summed E-state index contributed by atoms with van der Waals surface area (Å²) in [5.74, 6) is -0.989. The Labute approximate surface area is 200 Å². The maximum Gasteiger partial charge on any atom is 0.408 e. The highest BCUT2D eigenvalue weighted by Crippen LogP contribution is 2.38. The normalized spacial score (nSPS) is 19.5. The van der Waals surface area contributed by atoms with E-state index in [2.05, 4.69) is 5.32 Å². The van der Waals surface area contributed by atoms with Crippen LogP contribution in [0.1, 0.15) is 39.7 Å². The number of rotatable bonds is 9. The van der Waals surface area contributed by atoms with Crippen molar-refractivity contribution in [2.24, 2.45) is 5.92 Å². The molecule has 4 atom stereocenters. The van der Waals surface area contributed by atoms with Crippen molar-refractivity contribution >= 4 is 21.9 Å². The van der Waals surface area contributed by atoms with E-state index in [4.69, 9.17) is 14.2 Å². The predicted molar refractivity (Wildman–Crippen MR) is 125 cm³/mol. The first-order valence-corrected chi connectivity index (χ1v) is 12.7. The number of alkyl carbamates (subject to hydrolysis) is 1. The average molecular weight is 490 g/mol. The first kappa shape index (κ1) is 25.7. The van der Waals surface area contributed by atoms with E-state index in [9.17, 15) is 18.0 Å². The van der Waals surface area contributed by atoms with Crippen molar-refractivity contribution in [3.05, 3.63) is 66.2 Å². The summed E-state index contributed by atoms with van der Waals surface area (Å²) in [5, 5.41) is 2.57. The zero-order valence-electron chi connectivity index (χ0n) is 19.8. The Morgan fingerprint density at radius 2 is 1.62 bits per heavy atom.